The summed E-state index contributed by atoms with van der Waals surface area (Å²) >= 11 is 0. The van der Waals surface area contributed by atoms with Crippen molar-refractivity contribution >= 4 is 0 Å². The van der Waals surface area contributed by atoms with Crippen molar-refractivity contribution < 1.29 is 0 Å². The summed E-state index contributed by atoms with van der Waals surface area (Å²) in [7, 11) is 0. The molecule has 0 bridgehead atoms. The third-order valence-electron chi connectivity index (χ3n) is 1.85. The minimum absolute atomic E-state index is 0.792. The molecule has 0 fully saturated rings. The van der Waals surface area contributed by atoms with Crippen molar-refractivity contribution in [1.82, 2.24) is 14.5 Å². The van der Waals surface area contributed by atoms with Crippen LogP contribution in [0.15, 0.2) is 36.9 Å². The quantitative estimate of drug-likeness (QED) is 0.691. The average molecular weight is 173 g/mol. The maximum absolute atomic E-state index is 4.27. The van der Waals surface area contributed by atoms with Gasteiger partial charge >= 0.3 is 0 Å². The highest BCUT2D eigenvalue weighted by Crippen LogP contribution is 1.98. The van der Waals surface area contributed by atoms with Gasteiger partial charge in [-0.15, -0.1) is 0 Å². The summed E-state index contributed by atoms with van der Waals surface area (Å²) in [6.07, 6.45) is 7.64. The summed E-state index contributed by atoms with van der Waals surface area (Å²) in [4.78, 5) is 8.45. The van der Waals surface area contributed by atoms with E-state index in [2.05, 4.69) is 14.5 Å². The van der Waals surface area contributed by atoms with E-state index in [4.69, 9.17) is 0 Å². The van der Waals surface area contributed by atoms with Crippen molar-refractivity contribution in [3.05, 3.63) is 48.3 Å². The Hall–Kier alpha value is -1.64. The maximum Gasteiger partial charge on any atom is 0.0783 e. The van der Waals surface area contributed by atoms with Gasteiger partial charge in [-0.2, -0.15) is 0 Å². The van der Waals surface area contributed by atoms with Crippen molar-refractivity contribution in [2.45, 2.75) is 13.5 Å². The van der Waals surface area contributed by atoms with E-state index in [1.165, 1.54) is 0 Å². The molecule has 0 saturated heterocycles. The molecule has 3 heteroatoms. The van der Waals surface area contributed by atoms with Crippen LogP contribution in [-0.2, 0) is 6.54 Å². The molecule has 2 rings (SSSR count). The number of aryl methyl sites for hydroxylation is 1. The van der Waals surface area contributed by atoms with Gasteiger partial charge in [-0.1, -0.05) is 0 Å². The zero-order valence-electron chi connectivity index (χ0n) is 7.51. The first kappa shape index (κ1) is 7.98. The van der Waals surface area contributed by atoms with Gasteiger partial charge in [0.05, 0.1) is 24.1 Å². The molecule has 0 radical (unpaired) electrons. The van der Waals surface area contributed by atoms with Crippen LogP contribution in [0.5, 0.6) is 0 Å². The van der Waals surface area contributed by atoms with Crippen molar-refractivity contribution in [2.24, 2.45) is 0 Å². The molecule has 0 aromatic carbocycles. The van der Waals surface area contributed by atoms with E-state index in [-0.39, 0.29) is 0 Å². The molecule has 66 valence electrons. The second kappa shape index (κ2) is 3.39. The fraction of sp³-hybridized carbons (Fsp3) is 0.200. The van der Waals surface area contributed by atoms with Crippen LogP contribution in [0.25, 0.3) is 0 Å². The van der Waals surface area contributed by atoms with E-state index in [9.17, 15) is 0 Å². The summed E-state index contributed by atoms with van der Waals surface area (Å²) in [5.41, 5.74) is 1.94. The zero-order chi connectivity index (χ0) is 9.10. The van der Waals surface area contributed by atoms with Crippen LogP contribution in [0.4, 0.5) is 0 Å². The molecule has 0 aliphatic carbocycles. The SMILES string of the molecule is Cc1cnc(Cn2cccc2)cn1. The third kappa shape index (κ3) is 1.93. The summed E-state index contributed by atoms with van der Waals surface area (Å²) in [6, 6.07) is 4.00. The molecular formula is C10H11N3. The topological polar surface area (TPSA) is 30.7 Å². The fourth-order valence-corrected chi connectivity index (χ4v) is 1.16. The van der Waals surface area contributed by atoms with Crippen LogP contribution >= 0.6 is 0 Å². The lowest BCUT2D eigenvalue weighted by Crippen LogP contribution is -1.99. The van der Waals surface area contributed by atoms with Crippen LogP contribution < -0.4 is 0 Å². The average Bonchev–Trinajstić information content (AvgIpc) is 2.62. The third-order valence-corrected chi connectivity index (χ3v) is 1.85. The summed E-state index contributed by atoms with van der Waals surface area (Å²) in [5, 5.41) is 0. The molecule has 0 unspecified atom stereocenters. The van der Waals surface area contributed by atoms with E-state index in [1.807, 2.05) is 37.6 Å². The highest BCUT2D eigenvalue weighted by Gasteiger charge is 1.94. The van der Waals surface area contributed by atoms with Gasteiger partial charge in [-0.05, 0) is 19.1 Å². The van der Waals surface area contributed by atoms with Crippen molar-refractivity contribution in [2.75, 3.05) is 0 Å². The van der Waals surface area contributed by atoms with Gasteiger partial charge in [0.15, 0.2) is 0 Å². The molecule has 0 aliphatic rings. The van der Waals surface area contributed by atoms with Crippen molar-refractivity contribution in [1.29, 1.82) is 0 Å². The number of rotatable bonds is 2. The van der Waals surface area contributed by atoms with E-state index in [0.29, 0.717) is 0 Å². The lowest BCUT2D eigenvalue weighted by molar-refractivity contribution is 0.772. The number of aromatic nitrogens is 3. The largest absolute Gasteiger partial charge is 0.348 e. The van der Waals surface area contributed by atoms with E-state index in [1.54, 1.807) is 6.20 Å². The van der Waals surface area contributed by atoms with Crippen LogP contribution in [0.2, 0.25) is 0 Å². The first-order valence-electron chi connectivity index (χ1n) is 4.23. The van der Waals surface area contributed by atoms with Gasteiger partial charge in [-0.25, -0.2) is 0 Å². The molecule has 2 heterocycles. The molecule has 3 nitrogen and oxygen atoms in total. The van der Waals surface area contributed by atoms with E-state index < -0.39 is 0 Å². The number of nitrogens with zero attached hydrogens (tertiary/aromatic N) is 3. The second-order valence-corrected chi connectivity index (χ2v) is 3.00. The van der Waals surface area contributed by atoms with Crippen LogP contribution in [0, 0.1) is 6.92 Å². The molecule has 0 saturated carbocycles. The normalized spacial score (nSPS) is 10.2. The Balaban J connectivity index is 2.15. The maximum atomic E-state index is 4.27. The van der Waals surface area contributed by atoms with Crippen LogP contribution in [0.1, 0.15) is 11.4 Å². The Morgan fingerprint density at radius 2 is 1.92 bits per heavy atom. The van der Waals surface area contributed by atoms with E-state index >= 15 is 0 Å². The first-order valence-corrected chi connectivity index (χ1v) is 4.23. The highest BCUT2D eigenvalue weighted by atomic mass is 15.0. The fourth-order valence-electron chi connectivity index (χ4n) is 1.16. The summed E-state index contributed by atoms with van der Waals surface area (Å²) in [5.74, 6) is 0. The standard InChI is InChI=1S/C10H11N3/c1-9-6-12-10(7-11-9)8-13-4-2-3-5-13/h2-7H,8H2,1H3. The minimum atomic E-state index is 0.792. The molecule has 0 spiro atoms. The van der Waals surface area contributed by atoms with Gasteiger partial charge in [0, 0.05) is 18.6 Å². The summed E-state index contributed by atoms with van der Waals surface area (Å²) in [6.45, 7) is 2.73. The molecule has 2 aromatic heterocycles. The molecule has 0 aliphatic heterocycles. The first-order chi connectivity index (χ1) is 6.34. The lowest BCUT2D eigenvalue weighted by Gasteiger charge is -2.01. The Labute approximate surface area is 77.1 Å². The molecular weight excluding hydrogens is 162 g/mol. The Kier molecular flexibility index (Phi) is 2.08. The number of hydrogen-bond donors (Lipinski definition) is 0. The Morgan fingerprint density at radius 1 is 1.15 bits per heavy atom. The molecule has 0 amide bonds. The predicted molar refractivity (Wildman–Crippen MR) is 50.3 cm³/mol. The Morgan fingerprint density at radius 3 is 2.54 bits per heavy atom. The van der Waals surface area contributed by atoms with Gasteiger partial charge in [0.1, 0.15) is 0 Å². The Bertz CT molecular complexity index is 362. The molecule has 0 atom stereocenters. The van der Waals surface area contributed by atoms with Gasteiger partial charge in [0.2, 0.25) is 0 Å². The smallest absolute Gasteiger partial charge is 0.0783 e. The van der Waals surface area contributed by atoms with Crippen LogP contribution in [-0.4, -0.2) is 14.5 Å². The predicted octanol–water partition coefficient (Wildman–Crippen LogP) is 1.63. The van der Waals surface area contributed by atoms with Crippen molar-refractivity contribution in [3.63, 3.8) is 0 Å². The summed E-state index contributed by atoms with van der Waals surface area (Å²) < 4.78 is 2.07. The highest BCUT2D eigenvalue weighted by molar-refractivity contribution is 5.02. The van der Waals surface area contributed by atoms with Gasteiger partial charge in [0.25, 0.3) is 0 Å². The zero-order valence-corrected chi connectivity index (χ0v) is 7.51. The minimum Gasteiger partial charge on any atom is -0.348 e. The number of hydrogen-bond acceptors (Lipinski definition) is 2. The molecule has 2 aromatic rings. The van der Waals surface area contributed by atoms with E-state index in [0.717, 1.165) is 17.9 Å². The monoisotopic (exact) mass is 173 g/mol. The second-order valence-electron chi connectivity index (χ2n) is 3.00. The molecule has 13 heavy (non-hydrogen) atoms. The lowest BCUT2D eigenvalue weighted by atomic mass is 10.4. The van der Waals surface area contributed by atoms with Crippen LogP contribution in [0.3, 0.4) is 0 Å². The molecule has 0 N–H and O–H groups in total. The van der Waals surface area contributed by atoms with Crippen molar-refractivity contribution in [3.8, 4) is 0 Å². The van der Waals surface area contributed by atoms with Gasteiger partial charge < -0.3 is 4.57 Å². The van der Waals surface area contributed by atoms with Gasteiger partial charge in [-0.3, -0.25) is 9.97 Å².